The number of anilines is 1. The molecule has 2 N–H and O–H groups in total. The van der Waals surface area contributed by atoms with Crippen LogP contribution in [-0.2, 0) is 4.74 Å². The van der Waals surface area contributed by atoms with Crippen LogP contribution in [-0.4, -0.2) is 17.6 Å². The molecule has 88 valence electrons. The molecule has 0 aliphatic heterocycles. The molecule has 0 aliphatic rings. The zero-order chi connectivity index (χ0) is 12.3. The summed E-state index contributed by atoms with van der Waals surface area (Å²) in [7, 11) is 0. The number of pyridine rings is 1. The van der Waals surface area contributed by atoms with Crippen LogP contribution in [0.4, 0.5) is 5.82 Å². The first-order chi connectivity index (χ1) is 7.47. The number of carbonyl (C=O) groups excluding carboxylic acids is 1. The van der Waals surface area contributed by atoms with Crippen LogP contribution in [0.1, 0.15) is 42.7 Å². The highest BCUT2D eigenvalue weighted by molar-refractivity contribution is 6.34. The summed E-state index contributed by atoms with van der Waals surface area (Å²) in [5, 5.41) is 0.287. The number of rotatable bonds is 3. The lowest BCUT2D eigenvalue weighted by atomic mass is 10.1. The number of nitrogen functional groups attached to an aromatic ring is 1. The van der Waals surface area contributed by atoms with Crippen molar-refractivity contribution >= 4 is 23.4 Å². The monoisotopic (exact) mass is 242 g/mol. The Morgan fingerprint density at radius 3 is 2.69 bits per heavy atom. The third-order valence-electron chi connectivity index (χ3n) is 2.09. The van der Waals surface area contributed by atoms with Crippen LogP contribution in [0.25, 0.3) is 0 Å². The van der Waals surface area contributed by atoms with Crippen molar-refractivity contribution in [2.24, 2.45) is 0 Å². The zero-order valence-electron chi connectivity index (χ0n) is 9.58. The highest BCUT2D eigenvalue weighted by atomic mass is 35.5. The highest BCUT2D eigenvalue weighted by Crippen LogP contribution is 2.25. The van der Waals surface area contributed by atoms with Crippen LogP contribution in [0.5, 0.6) is 0 Å². The number of nitrogens with two attached hydrogens (primary N) is 1. The fraction of sp³-hybridized carbons (Fsp3) is 0.455. The summed E-state index contributed by atoms with van der Waals surface area (Å²) in [6, 6.07) is 1.65. The predicted molar refractivity (Wildman–Crippen MR) is 63.7 cm³/mol. The van der Waals surface area contributed by atoms with Crippen LogP contribution in [0.15, 0.2) is 6.07 Å². The predicted octanol–water partition coefficient (Wildman–Crippen LogP) is 2.62. The fourth-order valence-corrected chi connectivity index (χ4v) is 1.54. The topological polar surface area (TPSA) is 65.2 Å². The molecule has 0 spiro atoms. The molecular weight excluding hydrogens is 228 g/mol. The zero-order valence-corrected chi connectivity index (χ0v) is 10.3. The molecule has 4 nitrogen and oxygen atoms in total. The fourth-order valence-electron chi connectivity index (χ4n) is 1.25. The number of hydrogen-bond acceptors (Lipinski definition) is 4. The number of halogens is 1. The Hall–Kier alpha value is -1.29. The van der Waals surface area contributed by atoms with E-state index in [0.29, 0.717) is 0 Å². The first-order valence-electron chi connectivity index (χ1n) is 5.10. The molecular formula is C11H15ClN2O2. The van der Waals surface area contributed by atoms with Gasteiger partial charge in [0, 0.05) is 5.69 Å². The second kappa shape index (κ2) is 5.16. The van der Waals surface area contributed by atoms with Gasteiger partial charge in [0.05, 0.1) is 11.6 Å². The first-order valence-corrected chi connectivity index (χ1v) is 5.48. The summed E-state index contributed by atoms with van der Waals surface area (Å²) in [6.07, 6.45) is 0. The van der Waals surface area contributed by atoms with Gasteiger partial charge in [-0.05, 0) is 18.9 Å². The SMILES string of the molecule is CCOC(=O)c1c(Cl)cc(C(C)C)nc1N. The Balaban J connectivity index is 3.17. The lowest BCUT2D eigenvalue weighted by Crippen LogP contribution is -2.11. The molecule has 0 aliphatic carbocycles. The van der Waals surface area contributed by atoms with E-state index in [4.69, 9.17) is 22.1 Å². The Morgan fingerprint density at radius 1 is 1.62 bits per heavy atom. The third-order valence-corrected chi connectivity index (χ3v) is 2.39. The summed E-state index contributed by atoms with van der Waals surface area (Å²) in [4.78, 5) is 15.7. The molecule has 0 amide bonds. The number of aromatic nitrogens is 1. The quantitative estimate of drug-likeness (QED) is 0.828. The van der Waals surface area contributed by atoms with Crippen molar-refractivity contribution in [3.8, 4) is 0 Å². The molecule has 0 saturated carbocycles. The van der Waals surface area contributed by atoms with Crippen molar-refractivity contribution in [3.05, 3.63) is 22.3 Å². The molecule has 1 heterocycles. The van der Waals surface area contributed by atoms with Gasteiger partial charge in [-0.2, -0.15) is 0 Å². The second-order valence-electron chi connectivity index (χ2n) is 3.66. The second-order valence-corrected chi connectivity index (χ2v) is 4.07. The van der Waals surface area contributed by atoms with Crippen molar-refractivity contribution in [1.29, 1.82) is 0 Å². The van der Waals surface area contributed by atoms with Crippen molar-refractivity contribution < 1.29 is 9.53 Å². The molecule has 0 radical (unpaired) electrons. The molecule has 1 aromatic rings. The summed E-state index contributed by atoms with van der Waals surface area (Å²) >= 11 is 5.99. The molecule has 0 atom stereocenters. The summed E-state index contributed by atoms with van der Waals surface area (Å²) in [5.41, 5.74) is 6.60. The van der Waals surface area contributed by atoms with E-state index >= 15 is 0 Å². The summed E-state index contributed by atoms with van der Waals surface area (Å²) in [5.74, 6) is -0.210. The van der Waals surface area contributed by atoms with Gasteiger partial charge in [-0.3, -0.25) is 0 Å². The van der Waals surface area contributed by atoms with E-state index in [-0.39, 0.29) is 28.9 Å². The van der Waals surface area contributed by atoms with Gasteiger partial charge in [0.15, 0.2) is 0 Å². The largest absolute Gasteiger partial charge is 0.462 e. The molecule has 16 heavy (non-hydrogen) atoms. The smallest absolute Gasteiger partial charge is 0.343 e. The number of nitrogens with zero attached hydrogens (tertiary/aromatic N) is 1. The Morgan fingerprint density at radius 2 is 2.25 bits per heavy atom. The van der Waals surface area contributed by atoms with E-state index in [2.05, 4.69) is 4.98 Å². The van der Waals surface area contributed by atoms with Gasteiger partial charge in [-0.15, -0.1) is 0 Å². The van der Waals surface area contributed by atoms with Gasteiger partial charge in [-0.25, -0.2) is 9.78 Å². The molecule has 0 aromatic carbocycles. The van der Waals surface area contributed by atoms with Gasteiger partial charge in [0.2, 0.25) is 0 Å². The minimum Gasteiger partial charge on any atom is -0.462 e. The maximum Gasteiger partial charge on any atom is 0.343 e. The molecule has 1 rings (SSSR count). The van der Waals surface area contributed by atoms with Gasteiger partial charge < -0.3 is 10.5 Å². The molecule has 0 saturated heterocycles. The number of esters is 1. The van der Waals surface area contributed by atoms with Crippen LogP contribution in [0.3, 0.4) is 0 Å². The van der Waals surface area contributed by atoms with Crippen molar-refractivity contribution in [2.75, 3.05) is 12.3 Å². The molecule has 0 fully saturated rings. The number of ether oxygens (including phenoxy) is 1. The van der Waals surface area contributed by atoms with Crippen LogP contribution in [0.2, 0.25) is 5.02 Å². The maximum atomic E-state index is 11.5. The first kappa shape index (κ1) is 12.8. The van der Waals surface area contributed by atoms with E-state index in [1.807, 2.05) is 13.8 Å². The van der Waals surface area contributed by atoms with Gasteiger partial charge in [-0.1, -0.05) is 25.4 Å². The van der Waals surface area contributed by atoms with Crippen LogP contribution < -0.4 is 5.73 Å². The molecule has 0 unspecified atom stereocenters. The normalized spacial score (nSPS) is 10.6. The molecule has 5 heteroatoms. The van der Waals surface area contributed by atoms with Crippen molar-refractivity contribution in [3.63, 3.8) is 0 Å². The van der Waals surface area contributed by atoms with Crippen LogP contribution >= 0.6 is 11.6 Å². The van der Waals surface area contributed by atoms with E-state index < -0.39 is 5.97 Å². The Kier molecular flexibility index (Phi) is 4.12. The summed E-state index contributed by atoms with van der Waals surface area (Å²) < 4.78 is 4.85. The maximum absolute atomic E-state index is 11.5. The van der Waals surface area contributed by atoms with Crippen molar-refractivity contribution in [1.82, 2.24) is 4.98 Å². The van der Waals surface area contributed by atoms with E-state index in [9.17, 15) is 4.79 Å². The van der Waals surface area contributed by atoms with E-state index in [0.717, 1.165) is 5.69 Å². The minimum absolute atomic E-state index is 0.120. The summed E-state index contributed by atoms with van der Waals surface area (Å²) in [6.45, 7) is 5.95. The third kappa shape index (κ3) is 2.64. The Bertz CT molecular complexity index is 382. The average molecular weight is 243 g/mol. The highest BCUT2D eigenvalue weighted by Gasteiger charge is 2.18. The minimum atomic E-state index is -0.534. The van der Waals surface area contributed by atoms with Gasteiger partial charge in [0.1, 0.15) is 11.4 Å². The Labute approximate surface area is 99.8 Å². The average Bonchev–Trinajstić information content (AvgIpc) is 2.16. The standard InChI is InChI=1S/C11H15ClN2O2/c1-4-16-11(15)9-7(12)5-8(6(2)3)14-10(9)13/h5-6H,4H2,1-3H3,(H2,13,14). The van der Waals surface area contributed by atoms with E-state index in [1.165, 1.54) is 0 Å². The van der Waals surface area contributed by atoms with Gasteiger partial charge in [0.25, 0.3) is 0 Å². The lowest BCUT2D eigenvalue weighted by molar-refractivity contribution is 0.0527. The number of hydrogen-bond donors (Lipinski definition) is 1. The molecule has 1 aromatic heterocycles. The molecule has 0 bridgehead atoms. The van der Waals surface area contributed by atoms with Crippen molar-refractivity contribution in [2.45, 2.75) is 26.7 Å². The number of carbonyl (C=O) groups is 1. The van der Waals surface area contributed by atoms with Gasteiger partial charge >= 0.3 is 5.97 Å². The van der Waals surface area contributed by atoms with Crippen LogP contribution in [0, 0.1) is 0 Å². The lowest BCUT2D eigenvalue weighted by Gasteiger charge is -2.10. The van der Waals surface area contributed by atoms with E-state index in [1.54, 1.807) is 13.0 Å².